The van der Waals surface area contributed by atoms with Crippen LogP contribution in [-0.4, -0.2) is 29.9 Å². The molecule has 4 aromatic heterocycles. The highest BCUT2D eigenvalue weighted by Gasteiger charge is 2.13. The molecule has 0 radical (unpaired) electrons. The van der Waals surface area contributed by atoms with Crippen LogP contribution in [0, 0.1) is 0 Å². The van der Waals surface area contributed by atoms with E-state index in [0.29, 0.717) is 34.6 Å². The smallest absolute Gasteiger partial charge is 0.182 e. The van der Waals surface area contributed by atoms with E-state index < -0.39 is 0 Å². The maximum absolute atomic E-state index is 4.52. The van der Waals surface area contributed by atoms with Gasteiger partial charge in [-0.3, -0.25) is 15.0 Å². The Balaban J connectivity index is 0.00000182. The average molecular weight is 349 g/mol. The summed E-state index contributed by atoms with van der Waals surface area (Å²) in [5, 5.41) is 0. The van der Waals surface area contributed by atoms with Crippen molar-refractivity contribution in [1.29, 1.82) is 0 Å². The number of hydrogen-bond donors (Lipinski definition) is 0. The van der Waals surface area contributed by atoms with Gasteiger partial charge >= 0.3 is 0 Å². The minimum absolute atomic E-state index is 0. The van der Waals surface area contributed by atoms with E-state index >= 15 is 0 Å². The lowest BCUT2D eigenvalue weighted by Crippen LogP contribution is -2.02. The zero-order valence-electron chi connectivity index (χ0n) is 13.0. The van der Waals surface area contributed by atoms with E-state index in [9.17, 15) is 0 Å². The number of nitrogens with zero attached hydrogens (tertiary/aromatic N) is 6. The topological polar surface area (TPSA) is 77.3 Å². The SMILES string of the molecule is Cl.c1ccc(-c2nc(-c3ccccn3)nc(-c3ccccn3)n2)nc1. The van der Waals surface area contributed by atoms with Gasteiger partial charge in [0, 0.05) is 18.6 Å². The Bertz CT molecular complexity index is 809. The van der Waals surface area contributed by atoms with Crippen molar-refractivity contribution in [3.63, 3.8) is 0 Å². The summed E-state index contributed by atoms with van der Waals surface area (Å²) in [5.41, 5.74) is 2.03. The second-order valence-corrected chi connectivity index (χ2v) is 4.95. The lowest BCUT2D eigenvalue weighted by Gasteiger charge is -2.06. The van der Waals surface area contributed by atoms with Crippen LogP contribution in [0.15, 0.2) is 73.2 Å². The van der Waals surface area contributed by atoms with Gasteiger partial charge in [-0.1, -0.05) is 18.2 Å². The molecule has 0 aliphatic heterocycles. The molecule has 0 bridgehead atoms. The van der Waals surface area contributed by atoms with E-state index in [0.717, 1.165) is 0 Å². The molecule has 0 unspecified atom stereocenters. The van der Waals surface area contributed by atoms with E-state index in [-0.39, 0.29) is 12.4 Å². The standard InChI is InChI=1S/C18H12N6.ClH/c1-4-10-19-13(7-1)16-22-17(14-8-2-5-11-20-14)24-18(23-16)15-9-3-6-12-21-15;/h1-12H;1H. The number of hydrogen-bond acceptors (Lipinski definition) is 6. The van der Waals surface area contributed by atoms with Crippen LogP contribution in [0.4, 0.5) is 0 Å². The first-order chi connectivity index (χ1) is 11.9. The van der Waals surface area contributed by atoms with Crippen LogP contribution in [0.5, 0.6) is 0 Å². The Morgan fingerprint density at radius 1 is 0.440 bits per heavy atom. The number of halogens is 1. The molecule has 4 rings (SSSR count). The van der Waals surface area contributed by atoms with Gasteiger partial charge in [0.25, 0.3) is 0 Å². The first kappa shape index (κ1) is 16.6. The molecule has 7 heteroatoms. The molecule has 0 fully saturated rings. The highest BCUT2D eigenvalue weighted by Crippen LogP contribution is 2.21. The predicted octanol–water partition coefficient (Wildman–Crippen LogP) is 3.48. The molecular formula is C18H13ClN6. The van der Waals surface area contributed by atoms with Gasteiger partial charge in [-0.2, -0.15) is 0 Å². The molecular weight excluding hydrogens is 336 g/mol. The van der Waals surface area contributed by atoms with Gasteiger partial charge in [0.15, 0.2) is 17.5 Å². The van der Waals surface area contributed by atoms with Crippen molar-refractivity contribution in [2.45, 2.75) is 0 Å². The fraction of sp³-hybridized carbons (Fsp3) is 0. The third-order valence-corrected chi connectivity index (χ3v) is 3.32. The third kappa shape index (κ3) is 3.64. The molecule has 0 aliphatic carbocycles. The zero-order chi connectivity index (χ0) is 16.2. The van der Waals surface area contributed by atoms with Crippen LogP contribution in [0.25, 0.3) is 34.6 Å². The van der Waals surface area contributed by atoms with Crippen molar-refractivity contribution >= 4 is 12.4 Å². The molecule has 0 aromatic carbocycles. The molecule has 4 aromatic rings. The summed E-state index contributed by atoms with van der Waals surface area (Å²) in [6, 6.07) is 16.8. The van der Waals surface area contributed by atoms with Crippen LogP contribution in [0.2, 0.25) is 0 Å². The number of aromatic nitrogens is 6. The Morgan fingerprint density at radius 2 is 0.760 bits per heavy atom. The van der Waals surface area contributed by atoms with Gasteiger partial charge in [-0.05, 0) is 36.4 Å². The van der Waals surface area contributed by atoms with Gasteiger partial charge in [-0.25, -0.2) is 15.0 Å². The van der Waals surface area contributed by atoms with Crippen LogP contribution in [0.3, 0.4) is 0 Å². The molecule has 0 spiro atoms. The summed E-state index contributed by atoms with van der Waals surface area (Å²) >= 11 is 0. The lowest BCUT2D eigenvalue weighted by molar-refractivity contribution is 1.03. The van der Waals surface area contributed by atoms with Crippen molar-refractivity contribution < 1.29 is 0 Å². The van der Waals surface area contributed by atoms with Gasteiger partial charge < -0.3 is 0 Å². The molecule has 0 atom stereocenters. The van der Waals surface area contributed by atoms with Crippen molar-refractivity contribution in [2.24, 2.45) is 0 Å². The molecule has 0 saturated heterocycles. The van der Waals surface area contributed by atoms with E-state index in [1.165, 1.54) is 0 Å². The largest absolute Gasteiger partial charge is 0.253 e. The van der Waals surface area contributed by atoms with Gasteiger partial charge in [0.05, 0.1) is 0 Å². The van der Waals surface area contributed by atoms with E-state index in [1.807, 2.05) is 54.6 Å². The summed E-state index contributed by atoms with van der Waals surface area (Å²) in [6.45, 7) is 0. The Labute approximate surface area is 150 Å². The summed E-state index contributed by atoms with van der Waals surface area (Å²) < 4.78 is 0. The Hall–Kier alpha value is -3.25. The fourth-order valence-electron chi connectivity index (χ4n) is 2.20. The van der Waals surface area contributed by atoms with Crippen LogP contribution < -0.4 is 0 Å². The fourth-order valence-corrected chi connectivity index (χ4v) is 2.20. The van der Waals surface area contributed by atoms with Crippen LogP contribution >= 0.6 is 12.4 Å². The van der Waals surface area contributed by atoms with E-state index in [2.05, 4.69) is 29.9 Å². The molecule has 0 N–H and O–H groups in total. The number of rotatable bonds is 3. The Morgan fingerprint density at radius 3 is 1.00 bits per heavy atom. The lowest BCUT2D eigenvalue weighted by atomic mass is 10.3. The van der Waals surface area contributed by atoms with Crippen molar-refractivity contribution in [1.82, 2.24) is 29.9 Å². The summed E-state index contributed by atoms with van der Waals surface area (Å²) in [5.74, 6) is 1.48. The highest BCUT2D eigenvalue weighted by atomic mass is 35.5. The van der Waals surface area contributed by atoms with E-state index in [1.54, 1.807) is 18.6 Å². The molecule has 0 saturated carbocycles. The highest BCUT2D eigenvalue weighted by molar-refractivity contribution is 5.85. The molecule has 25 heavy (non-hydrogen) atoms. The minimum atomic E-state index is 0. The van der Waals surface area contributed by atoms with Gasteiger partial charge in [-0.15, -0.1) is 12.4 Å². The molecule has 0 aliphatic rings. The second-order valence-electron chi connectivity index (χ2n) is 4.95. The van der Waals surface area contributed by atoms with E-state index in [4.69, 9.17) is 0 Å². The average Bonchev–Trinajstić information content (AvgIpc) is 2.70. The minimum Gasteiger partial charge on any atom is -0.253 e. The monoisotopic (exact) mass is 348 g/mol. The maximum Gasteiger partial charge on any atom is 0.182 e. The summed E-state index contributed by atoms with van der Waals surface area (Å²) in [7, 11) is 0. The van der Waals surface area contributed by atoms with Gasteiger partial charge in [0.2, 0.25) is 0 Å². The normalized spacial score (nSPS) is 10.1. The van der Waals surface area contributed by atoms with Crippen LogP contribution in [0.1, 0.15) is 0 Å². The maximum atomic E-state index is 4.52. The quantitative estimate of drug-likeness (QED) is 0.564. The molecule has 6 nitrogen and oxygen atoms in total. The van der Waals surface area contributed by atoms with Crippen molar-refractivity contribution in [2.75, 3.05) is 0 Å². The molecule has 0 amide bonds. The van der Waals surface area contributed by atoms with Gasteiger partial charge in [0.1, 0.15) is 17.1 Å². The summed E-state index contributed by atoms with van der Waals surface area (Å²) in [4.78, 5) is 26.5. The molecule has 122 valence electrons. The Kier molecular flexibility index (Phi) is 5.01. The molecule has 4 heterocycles. The predicted molar refractivity (Wildman–Crippen MR) is 96.8 cm³/mol. The first-order valence-corrected chi connectivity index (χ1v) is 7.40. The summed E-state index contributed by atoms with van der Waals surface area (Å²) in [6.07, 6.45) is 5.13. The number of pyridine rings is 3. The first-order valence-electron chi connectivity index (χ1n) is 7.40. The zero-order valence-corrected chi connectivity index (χ0v) is 13.8. The second kappa shape index (κ2) is 7.55. The van der Waals surface area contributed by atoms with Crippen molar-refractivity contribution in [3.05, 3.63) is 73.2 Å². The van der Waals surface area contributed by atoms with Crippen LogP contribution in [-0.2, 0) is 0 Å². The van der Waals surface area contributed by atoms with Crippen molar-refractivity contribution in [3.8, 4) is 34.6 Å². The third-order valence-electron chi connectivity index (χ3n) is 3.32.